The van der Waals surface area contributed by atoms with Crippen molar-refractivity contribution in [2.24, 2.45) is 0 Å². The number of halogens is 1. The fourth-order valence-corrected chi connectivity index (χ4v) is 2.98. The Bertz CT molecular complexity index is 439. The first-order valence-corrected chi connectivity index (χ1v) is 6.49. The van der Waals surface area contributed by atoms with E-state index in [0.29, 0.717) is 12.0 Å². The molecule has 0 aliphatic carbocycles. The van der Waals surface area contributed by atoms with E-state index in [-0.39, 0.29) is 11.2 Å². The molecule has 0 spiro atoms. The van der Waals surface area contributed by atoms with Crippen molar-refractivity contribution >= 4 is 17.7 Å². The van der Waals surface area contributed by atoms with Crippen LogP contribution in [0.3, 0.4) is 0 Å². The number of carboxylic acids is 1. The molecule has 2 unspecified atom stereocenters. The van der Waals surface area contributed by atoms with Crippen molar-refractivity contribution < 1.29 is 14.3 Å². The van der Waals surface area contributed by atoms with Gasteiger partial charge in [-0.1, -0.05) is 12.1 Å². The van der Waals surface area contributed by atoms with Crippen LogP contribution in [0.1, 0.15) is 22.9 Å². The summed E-state index contributed by atoms with van der Waals surface area (Å²) in [7, 11) is 0. The molecule has 1 fully saturated rings. The number of benzene rings is 1. The number of carboxylic acid groups (broad SMARTS) is 1. The molecule has 0 radical (unpaired) electrons. The Labute approximate surface area is 103 Å². The fourth-order valence-electron chi connectivity index (χ4n) is 1.78. The molecular formula is C12H14FNO2S. The highest BCUT2D eigenvalue weighted by molar-refractivity contribution is 7.99. The molecular weight excluding hydrogens is 241 g/mol. The van der Waals surface area contributed by atoms with E-state index in [4.69, 9.17) is 5.11 Å². The number of thioether (sulfide) groups is 1. The molecule has 1 heterocycles. The zero-order chi connectivity index (χ0) is 12.4. The smallest absolute Gasteiger partial charge is 0.320 e. The molecule has 1 saturated heterocycles. The van der Waals surface area contributed by atoms with Crippen LogP contribution in [0.5, 0.6) is 0 Å². The summed E-state index contributed by atoms with van der Waals surface area (Å²) in [5.41, 5.74) is 1.40. The highest BCUT2D eigenvalue weighted by Crippen LogP contribution is 2.32. The molecule has 2 atom stereocenters. The van der Waals surface area contributed by atoms with Gasteiger partial charge in [-0.3, -0.25) is 10.1 Å². The Morgan fingerprint density at radius 1 is 1.59 bits per heavy atom. The molecule has 0 amide bonds. The predicted molar refractivity (Wildman–Crippen MR) is 65.5 cm³/mol. The summed E-state index contributed by atoms with van der Waals surface area (Å²) in [5, 5.41) is 11.8. The zero-order valence-electron chi connectivity index (χ0n) is 9.44. The van der Waals surface area contributed by atoms with Crippen LogP contribution < -0.4 is 5.32 Å². The van der Waals surface area contributed by atoms with Crippen molar-refractivity contribution in [2.75, 3.05) is 5.75 Å². The molecule has 1 aromatic rings. The number of aryl methyl sites for hydroxylation is 1. The number of aliphatic carboxylic acids is 1. The van der Waals surface area contributed by atoms with Gasteiger partial charge in [0.15, 0.2) is 0 Å². The molecule has 1 aliphatic heterocycles. The summed E-state index contributed by atoms with van der Waals surface area (Å²) in [6.07, 6.45) is 0.602. The zero-order valence-corrected chi connectivity index (χ0v) is 10.3. The number of hydrogen-bond acceptors (Lipinski definition) is 3. The average molecular weight is 255 g/mol. The standard InChI is InChI=1S/C12H14FNO2S/c1-7-2-3-8(6-9(7)13)11-14-10(12(15)16)4-5-17-11/h2-3,6,10-11,14H,4-5H2,1H3,(H,15,16). The summed E-state index contributed by atoms with van der Waals surface area (Å²) >= 11 is 1.61. The van der Waals surface area contributed by atoms with E-state index >= 15 is 0 Å². The molecule has 0 bridgehead atoms. The van der Waals surface area contributed by atoms with Gasteiger partial charge in [0.25, 0.3) is 0 Å². The van der Waals surface area contributed by atoms with Crippen LogP contribution >= 0.6 is 11.8 Å². The van der Waals surface area contributed by atoms with E-state index in [9.17, 15) is 9.18 Å². The van der Waals surface area contributed by atoms with E-state index in [0.717, 1.165) is 11.3 Å². The van der Waals surface area contributed by atoms with E-state index in [1.807, 2.05) is 6.07 Å². The molecule has 3 nitrogen and oxygen atoms in total. The number of carbonyl (C=O) groups is 1. The maximum atomic E-state index is 13.4. The average Bonchev–Trinajstić information content (AvgIpc) is 2.33. The second-order valence-electron chi connectivity index (χ2n) is 4.11. The van der Waals surface area contributed by atoms with Crippen LogP contribution in [-0.4, -0.2) is 22.9 Å². The van der Waals surface area contributed by atoms with Crippen molar-refractivity contribution in [3.05, 3.63) is 35.1 Å². The molecule has 92 valence electrons. The minimum atomic E-state index is -0.845. The Kier molecular flexibility index (Phi) is 3.69. The largest absolute Gasteiger partial charge is 0.480 e. The minimum Gasteiger partial charge on any atom is -0.480 e. The van der Waals surface area contributed by atoms with Crippen LogP contribution in [0, 0.1) is 12.7 Å². The third-order valence-electron chi connectivity index (χ3n) is 2.84. The lowest BCUT2D eigenvalue weighted by Gasteiger charge is -2.28. The Morgan fingerprint density at radius 3 is 3.00 bits per heavy atom. The highest BCUT2D eigenvalue weighted by Gasteiger charge is 2.27. The maximum absolute atomic E-state index is 13.4. The monoisotopic (exact) mass is 255 g/mol. The van der Waals surface area contributed by atoms with Gasteiger partial charge >= 0.3 is 5.97 Å². The van der Waals surface area contributed by atoms with Gasteiger partial charge in [0.2, 0.25) is 0 Å². The molecule has 1 aliphatic rings. The lowest BCUT2D eigenvalue weighted by atomic mass is 10.1. The Morgan fingerprint density at radius 2 is 2.35 bits per heavy atom. The summed E-state index contributed by atoms with van der Waals surface area (Å²) < 4.78 is 13.4. The predicted octanol–water partition coefficient (Wildman–Crippen LogP) is 2.31. The molecule has 1 aromatic carbocycles. The van der Waals surface area contributed by atoms with Crippen molar-refractivity contribution in [1.82, 2.24) is 5.32 Å². The number of rotatable bonds is 2. The van der Waals surface area contributed by atoms with Crippen molar-refractivity contribution in [3.8, 4) is 0 Å². The van der Waals surface area contributed by atoms with Gasteiger partial charge in [-0.05, 0) is 36.3 Å². The van der Waals surface area contributed by atoms with Gasteiger partial charge in [-0.2, -0.15) is 0 Å². The topological polar surface area (TPSA) is 49.3 Å². The van der Waals surface area contributed by atoms with Crippen molar-refractivity contribution in [3.63, 3.8) is 0 Å². The molecule has 17 heavy (non-hydrogen) atoms. The first-order valence-electron chi connectivity index (χ1n) is 5.44. The molecule has 2 rings (SSSR count). The van der Waals surface area contributed by atoms with Gasteiger partial charge in [0.05, 0.1) is 5.37 Å². The van der Waals surface area contributed by atoms with E-state index in [1.165, 1.54) is 6.07 Å². The van der Waals surface area contributed by atoms with Crippen molar-refractivity contribution in [1.29, 1.82) is 0 Å². The van der Waals surface area contributed by atoms with Crippen LogP contribution in [-0.2, 0) is 4.79 Å². The molecule has 2 N–H and O–H groups in total. The lowest BCUT2D eigenvalue weighted by Crippen LogP contribution is -2.41. The summed E-state index contributed by atoms with van der Waals surface area (Å²) in [4.78, 5) is 10.9. The van der Waals surface area contributed by atoms with E-state index in [2.05, 4.69) is 5.32 Å². The second kappa shape index (κ2) is 5.06. The number of nitrogens with one attached hydrogen (secondary N) is 1. The Hall–Kier alpha value is -1.07. The highest BCUT2D eigenvalue weighted by atomic mass is 32.2. The van der Waals surface area contributed by atoms with Crippen molar-refractivity contribution in [2.45, 2.75) is 24.8 Å². The first kappa shape index (κ1) is 12.4. The van der Waals surface area contributed by atoms with Crippen LogP contribution in [0.15, 0.2) is 18.2 Å². The van der Waals surface area contributed by atoms with Gasteiger partial charge in [-0.15, -0.1) is 11.8 Å². The van der Waals surface area contributed by atoms with Crippen LogP contribution in [0.25, 0.3) is 0 Å². The third kappa shape index (κ3) is 2.79. The van der Waals surface area contributed by atoms with Gasteiger partial charge in [0, 0.05) is 0 Å². The molecule has 0 saturated carbocycles. The van der Waals surface area contributed by atoms with Gasteiger partial charge < -0.3 is 5.11 Å². The third-order valence-corrected chi connectivity index (χ3v) is 4.05. The van der Waals surface area contributed by atoms with E-state index < -0.39 is 12.0 Å². The minimum absolute atomic E-state index is 0.139. The number of hydrogen-bond donors (Lipinski definition) is 2. The maximum Gasteiger partial charge on any atom is 0.320 e. The Balaban J connectivity index is 2.16. The first-order chi connectivity index (χ1) is 8.08. The van der Waals surface area contributed by atoms with Crippen LogP contribution in [0.4, 0.5) is 4.39 Å². The summed E-state index contributed by atoms with van der Waals surface area (Å²) in [6.45, 7) is 1.71. The normalized spacial score (nSPS) is 24.6. The van der Waals surface area contributed by atoms with E-state index in [1.54, 1.807) is 24.8 Å². The molecule has 5 heteroatoms. The lowest BCUT2D eigenvalue weighted by molar-refractivity contribution is -0.139. The molecule has 0 aromatic heterocycles. The summed E-state index contributed by atoms with van der Waals surface area (Å²) in [6, 6.07) is 4.50. The van der Waals surface area contributed by atoms with Gasteiger partial charge in [0.1, 0.15) is 11.9 Å². The summed E-state index contributed by atoms with van der Waals surface area (Å²) in [5.74, 6) is -0.324. The SMILES string of the molecule is Cc1ccc(C2NC(C(=O)O)CCS2)cc1F. The second-order valence-corrected chi connectivity index (χ2v) is 5.32. The van der Waals surface area contributed by atoms with Crippen LogP contribution in [0.2, 0.25) is 0 Å². The fraction of sp³-hybridized carbons (Fsp3) is 0.417. The van der Waals surface area contributed by atoms with Gasteiger partial charge in [-0.25, -0.2) is 4.39 Å². The quantitative estimate of drug-likeness (QED) is 0.851.